The molecule has 0 amide bonds. The van der Waals surface area contributed by atoms with E-state index in [4.69, 9.17) is 0 Å². The number of piperidine rings is 1. The predicted molar refractivity (Wildman–Crippen MR) is 96.6 cm³/mol. The van der Waals surface area contributed by atoms with E-state index in [1.54, 1.807) is 34.6 Å². The summed E-state index contributed by atoms with van der Waals surface area (Å²) in [7, 11) is -1.86. The summed E-state index contributed by atoms with van der Waals surface area (Å²) in [6.45, 7) is 6.50. The molecule has 0 bridgehead atoms. The van der Waals surface area contributed by atoms with Crippen molar-refractivity contribution in [3.63, 3.8) is 0 Å². The smallest absolute Gasteiger partial charge is 0.247 e. The largest absolute Gasteiger partial charge is 0.274 e. The first-order valence-corrected chi connectivity index (χ1v) is 10.1. The van der Waals surface area contributed by atoms with Crippen molar-refractivity contribution in [3.05, 3.63) is 42.0 Å². The SMILES string of the molecule is Cn1cc(S(=O)(=O)N2CCCCC2c2cccnc2)c(C(C)(C)C)n1. The van der Waals surface area contributed by atoms with Gasteiger partial charge in [-0.1, -0.05) is 33.3 Å². The summed E-state index contributed by atoms with van der Waals surface area (Å²) in [4.78, 5) is 4.49. The van der Waals surface area contributed by atoms with E-state index >= 15 is 0 Å². The van der Waals surface area contributed by atoms with Crippen molar-refractivity contribution in [3.8, 4) is 0 Å². The molecule has 0 saturated carbocycles. The van der Waals surface area contributed by atoms with Crippen molar-refractivity contribution in [1.29, 1.82) is 0 Å². The zero-order valence-corrected chi connectivity index (χ0v) is 16.1. The molecule has 1 unspecified atom stereocenters. The maximum Gasteiger partial charge on any atom is 0.247 e. The van der Waals surface area contributed by atoms with E-state index in [0.717, 1.165) is 24.8 Å². The standard InChI is InChI=1S/C18H26N4O2S/c1-18(2,3)17-16(13-21(4)20-17)25(23,24)22-11-6-5-9-15(22)14-8-7-10-19-12-14/h7-8,10,12-13,15H,5-6,9,11H2,1-4H3. The van der Waals surface area contributed by atoms with Crippen LogP contribution in [-0.4, -0.2) is 34.0 Å². The Balaban J connectivity index is 2.07. The summed E-state index contributed by atoms with van der Waals surface area (Å²) < 4.78 is 30.2. The highest BCUT2D eigenvalue weighted by Gasteiger charge is 2.38. The molecule has 0 aliphatic carbocycles. The Morgan fingerprint density at radius 1 is 1.24 bits per heavy atom. The highest BCUT2D eigenvalue weighted by atomic mass is 32.2. The Hall–Kier alpha value is -1.73. The Morgan fingerprint density at radius 3 is 2.64 bits per heavy atom. The second-order valence-electron chi connectivity index (χ2n) is 7.68. The molecule has 6 nitrogen and oxygen atoms in total. The molecule has 0 N–H and O–H groups in total. The van der Waals surface area contributed by atoms with Crippen molar-refractivity contribution < 1.29 is 8.42 Å². The Kier molecular flexibility index (Phi) is 4.72. The third-order valence-electron chi connectivity index (χ3n) is 4.62. The maximum absolute atomic E-state index is 13.5. The van der Waals surface area contributed by atoms with Crippen LogP contribution in [0.3, 0.4) is 0 Å². The highest BCUT2D eigenvalue weighted by Crippen LogP contribution is 2.37. The third-order valence-corrected chi connectivity index (χ3v) is 6.52. The summed E-state index contributed by atoms with van der Waals surface area (Å²) in [5.41, 5.74) is 1.22. The number of hydrogen-bond acceptors (Lipinski definition) is 4. The lowest BCUT2D eigenvalue weighted by Crippen LogP contribution is -2.39. The molecule has 25 heavy (non-hydrogen) atoms. The normalized spacial score (nSPS) is 19.9. The zero-order chi connectivity index (χ0) is 18.2. The third kappa shape index (κ3) is 3.48. The Morgan fingerprint density at radius 2 is 2.00 bits per heavy atom. The van der Waals surface area contributed by atoms with E-state index < -0.39 is 10.0 Å². The van der Waals surface area contributed by atoms with Gasteiger partial charge in [0, 0.05) is 37.6 Å². The second kappa shape index (κ2) is 6.53. The first kappa shape index (κ1) is 18.1. The van der Waals surface area contributed by atoms with Gasteiger partial charge in [0.25, 0.3) is 0 Å². The average Bonchev–Trinajstić information content (AvgIpc) is 2.99. The van der Waals surface area contributed by atoms with Gasteiger partial charge < -0.3 is 0 Å². The van der Waals surface area contributed by atoms with E-state index in [1.165, 1.54) is 0 Å². The number of hydrogen-bond donors (Lipinski definition) is 0. The Labute approximate surface area is 149 Å². The number of nitrogens with zero attached hydrogens (tertiary/aromatic N) is 4. The van der Waals surface area contributed by atoms with E-state index in [0.29, 0.717) is 17.1 Å². The van der Waals surface area contributed by atoms with Gasteiger partial charge in [-0.15, -0.1) is 0 Å². The minimum absolute atomic E-state index is 0.166. The molecule has 0 radical (unpaired) electrons. The molecular weight excluding hydrogens is 336 g/mol. The van der Waals surface area contributed by atoms with Crippen LogP contribution >= 0.6 is 0 Å². The fraction of sp³-hybridized carbons (Fsp3) is 0.556. The van der Waals surface area contributed by atoms with Crippen LogP contribution < -0.4 is 0 Å². The molecule has 7 heteroatoms. The molecule has 1 aliphatic rings. The van der Waals surface area contributed by atoms with Crippen LogP contribution in [0.5, 0.6) is 0 Å². The quantitative estimate of drug-likeness (QED) is 0.842. The lowest BCUT2D eigenvalue weighted by Gasteiger charge is -2.35. The molecule has 0 spiro atoms. The van der Waals surface area contributed by atoms with E-state index in [-0.39, 0.29) is 11.5 Å². The van der Waals surface area contributed by atoms with Gasteiger partial charge in [-0.3, -0.25) is 9.67 Å². The average molecular weight is 362 g/mol. The summed E-state index contributed by atoms with van der Waals surface area (Å²) >= 11 is 0. The summed E-state index contributed by atoms with van der Waals surface area (Å²) in [5.74, 6) is 0. The molecular formula is C18H26N4O2S. The van der Waals surface area contributed by atoms with Gasteiger partial charge in [-0.05, 0) is 24.5 Å². The zero-order valence-electron chi connectivity index (χ0n) is 15.3. The molecule has 2 aromatic rings. The lowest BCUT2D eigenvalue weighted by atomic mass is 9.92. The van der Waals surface area contributed by atoms with Gasteiger partial charge in [-0.25, -0.2) is 8.42 Å². The van der Waals surface area contributed by atoms with Crippen LogP contribution in [0.4, 0.5) is 0 Å². The van der Waals surface area contributed by atoms with E-state index in [2.05, 4.69) is 10.1 Å². The molecule has 1 fully saturated rings. The monoisotopic (exact) mass is 362 g/mol. The molecule has 1 saturated heterocycles. The first-order valence-electron chi connectivity index (χ1n) is 8.67. The molecule has 3 heterocycles. The van der Waals surface area contributed by atoms with Crippen LogP contribution in [-0.2, 0) is 22.5 Å². The van der Waals surface area contributed by atoms with Crippen LogP contribution in [0.25, 0.3) is 0 Å². The van der Waals surface area contributed by atoms with Gasteiger partial charge >= 0.3 is 0 Å². The van der Waals surface area contributed by atoms with Gasteiger partial charge in [0.1, 0.15) is 4.90 Å². The summed E-state index contributed by atoms with van der Waals surface area (Å²) in [6, 6.07) is 3.65. The predicted octanol–water partition coefficient (Wildman–Crippen LogP) is 3.03. The van der Waals surface area contributed by atoms with Gasteiger partial charge in [-0.2, -0.15) is 9.40 Å². The Bertz CT molecular complexity index is 838. The van der Waals surface area contributed by atoms with Crippen molar-refractivity contribution in [2.45, 2.75) is 56.4 Å². The van der Waals surface area contributed by atoms with E-state index in [1.807, 2.05) is 32.9 Å². The van der Waals surface area contributed by atoms with Crippen molar-refractivity contribution in [2.75, 3.05) is 6.54 Å². The van der Waals surface area contributed by atoms with Crippen molar-refractivity contribution in [2.24, 2.45) is 7.05 Å². The number of aromatic nitrogens is 3. The molecule has 1 aliphatic heterocycles. The van der Waals surface area contributed by atoms with E-state index in [9.17, 15) is 8.42 Å². The van der Waals surface area contributed by atoms with Crippen molar-refractivity contribution in [1.82, 2.24) is 19.1 Å². The van der Waals surface area contributed by atoms with Gasteiger partial charge in [0.2, 0.25) is 10.0 Å². The first-order chi connectivity index (χ1) is 11.7. The number of rotatable bonds is 3. The fourth-order valence-corrected chi connectivity index (χ4v) is 5.46. The topological polar surface area (TPSA) is 68.1 Å². The summed E-state index contributed by atoms with van der Waals surface area (Å²) in [6.07, 6.45) is 7.82. The molecule has 1 atom stereocenters. The van der Waals surface area contributed by atoms with Gasteiger partial charge in [0.05, 0.1) is 11.7 Å². The van der Waals surface area contributed by atoms with Crippen molar-refractivity contribution >= 4 is 10.0 Å². The fourth-order valence-electron chi connectivity index (χ4n) is 3.40. The molecule has 2 aromatic heterocycles. The maximum atomic E-state index is 13.5. The molecule has 136 valence electrons. The lowest BCUT2D eigenvalue weighted by molar-refractivity contribution is 0.255. The van der Waals surface area contributed by atoms with Crippen LogP contribution in [0.15, 0.2) is 35.6 Å². The second-order valence-corrected chi connectivity index (χ2v) is 9.54. The number of aryl methyl sites for hydroxylation is 1. The minimum Gasteiger partial charge on any atom is -0.274 e. The van der Waals surface area contributed by atoms with Gasteiger partial charge in [0.15, 0.2) is 0 Å². The summed E-state index contributed by atoms with van der Waals surface area (Å²) in [5, 5.41) is 4.44. The molecule has 3 rings (SSSR count). The highest BCUT2D eigenvalue weighted by molar-refractivity contribution is 7.89. The number of sulfonamides is 1. The van der Waals surface area contributed by atoms with Crippen LogP contribution in [0.2, 0.25) is 0 Å². The minimum atomic E-state index is -3.63. The number of pyridine rings is 1. The molecule has 0 aromatic carbocycles. The van der Waals surface area contributed by atoms with Crippen LogP contribution in [0.1, 0.15) is 57.3 Å². The van der Waals surface area contributed by atoms with Crippen LogP contribution in [0, 0.1) is 0 Å².